The van der Waals surface area contributed by atoms with Crippen LogP contribution in [0.25, 0.3) is 10.9 Å². The number of hydrogen-bond donors (Lipinski definition) is 3. The first-order chi connectivity index (χ1) is 15.4. The summed E-state index contributed by atoms with van der Waals surface area (Å²) < 4.78 is 5.59. The van der Waals surface area contributed by atoms with E-state index in [1.807, 2.05) is 36.9 Å². The molecule has 1 aromatic heterocycles. The van der Waals surface area contributed by atoms with Crippen LogP contribution in [0.2, 0.25) is 0 Å². The second kappa shape index (κ2) is 9.50. The lowest BCUT2D eigenvalue weighted by Crippen LogP contribution is -2.60. The van der Waals surface area contributed by atoms with Crippen LogP contribution in [0.1, 0.15) is 49.2 Å². The maximum atomic E-state index is 13.1. The SMILES string of the molecule is CCOc1ccc2[nH]c(C(=O)N[C@@H]3CCC[C@@H](N4CCN(C(C)=O)CC4)[C@@H]3O)c(C)c2c1. The minimum Gasteiger partial charge on any atom is -0.494 e. The number of amides is 2. The van der Waals surface area contributed by atoms with Crippen molar-refractivity contribution < 1.29 is 19.4 Å². The van der Waals surface area contributed by atoms with Crippen molar-refractivity contribution in [1.29, 1.82) is 0 Å². The van der Waals surface area contributed by atoms with Crippen LogP contribution in [0.5, 0.6) is 5.75 Å². The number of nitrogens with zero attached hydrogens (tertiary/aromatic N) is 2. The molecule has 1 aliphatic carbocycles. The summed E-state index contributed by atoms with van der Waals surface area (Å²) in [4.78, 5) is 32.1. The Balaban J connectivity index is 1.44. The smallest absolute Gasteiger partial charge is 0.268 e. The van der Waals surface area contributed by atoms with Gasteiger partial charge in [0.2, 0.25) is 5.91 Å². The number of aliphatic hydroxyl groups is 1. The molecule has 0 unspecified atom stereocenters. The number of aryl methyl sites for hydroxylation is 1. The minimum absolute atomic E-state index is 0.000667. The summed E-state index contributed by atoms with van der Waals surface area (Å²) in [5.74, 6) is 0.688. The zero-order valence-electron chi connectivity index (χ0n) is 19.2. The minimum atomic E-state index is -0.634. The number of aromatic amines is 1. The van der Waals surface area contributed by atoms with Crippen LogP contribution in [0, 0.1) is 6.92 Å². The van der Waals surface area contributed by atoms with Crippen molar-refractivity contribution in [2.75, 3.05) is 32.8 Å². The quantitative estimate of drug-likeness (QED) is 0.659. The number of carbonyl (C=O) groups is 2. The lowest BCUT2D eigenvalue weighted by Gasteiger charge is -2.45. The topological polar surface area (TPSA) is 97.9 Å². The summed E-state index contributed by atoms with van der Waals surface area (Å²) in [5, 5.41) is 15.1. The van der Waals surface area contributed by atoms with E-state index in [9.17, 15) is 14.7 Å². The van der Waals surface area contributed by atoms with E-state index in [2.05, 4.69) is 15.2 Å². The molecule has 8 nitrogen and oxygen atoms in total. The maximum Gasteiger partial charge on any atom is 0.268 e. The monoisotopic (exact) mass is 442 g/mol. The highest BCUT2D eigenvalue weighted by molar-refractivity contribution is 6.01. The Labute approximate surface area is 188 Å². The molecule has 1 saturated carbocycles. The number of aromatic nitrogens is 1. The number of nitrogens with one attached hydrogen (secondary N) is 2. The predicted octanol–water partition coefficient (Wildman–Crippen LogP) is 2.05. The van der Waals surface area contributed by atoms with Crippen molar-refractivity contribution in [3.63, 3.8) is 0 Å². The highest BCUT2D eigenvalue weighted by Crippen LogP contribution is 2.28. The molecular weight excluding hydrogens is 408 g/mol. The highest BCUT2D eigenvalue weighted by Gasteiger charge is 2.37. The number of rotatable bonds is 5. The number of hydrogen-bond acceptors (Lipinski definition) is 5. The number of carbonyl (C=O) groups excluding carboxylic acids is 2. The summed E-state index contributed by atoms with van der Waals surface area (Å²) in [7, 11) is 0. The van der Waals surface area contributed by atoms with Crippen LogP contribution in [0.15, 0.2) is 18.2 Å². The summed E-state index contributed by atoms with van der Waals surface area (Å²) in [6.45, 7) is 8.95. The molecule has 2 amide bonds. The van der Waals surface area contributed by atoms with Gasteiger partial charge in [0, 0.05) is 50.0 Å². The first-order valence-electron chi connectivity index (χ1n) is 11.6. The Morgan fingerprint density at radius 1 is 1.22 bits per heavy atom. The number of fused-ring (bicyclic) bond motifs is 1. The second-order valence-electron chi connectivity index (χ2n) is 8.88. The third-order valence-corrected chi connectivity index (χ3v) is 6.93. The van der Waals surface area contributed by atoms with Gasteiger partial charge in [-0.1, -0.05) is 0 Å². The molecule has 2 fully saturated rings. The number of aliphatic hydroxyl groups excluding tert-OH is 1. The summed E-state index contributed by atoms with van der Waals surface area (Å²) in [6, 6.07) is 5.48. The fourth-order valence-electron chi connectivity index (χ4n) is 5.11. The predicted molar refractivity (Wildman–Crippen MR) is 123 cm³/mol. The van der Waals surface area contributed by atoms with E-state index in [1.54, 1.807) is 6.92 Å². The fourth-order valence-corrected chi connectivity index (χ4v) is 5.11. The molecule has 1 aromatic carbocycles. The van der Waals surface area contributed by atoms with E-state index in [4.69, 9.17) is 4.74 Å². The third-order valence-electron chi connectivity index (χ3n) is 6.93. The van der Waals surface area contributed by atoms with E-state index >= 15 is 0 Å². The number of H-pyrrole nitrogens is 1. The summed E-state index contributed by atoms with van der Waals surface area (Å²) >= 11 is 0. The van der Waals surface area contributed by atoms with E-state index in [-0.39, 0.29) is 23.9 Å². The lowest BCUT2D eigenvalue weighted by atomic mass is 9.86. The van der Waals surface area contributed by atoms with Crippen LogP contribution in [0.3, 0.4) is 0 Å². The molecule has 1 saturated heterocycles. The van der Waals surface area contributed by atoms with E-state index < -0.39 is 6.10 Å². The Morgan fingerprint density at radius 3 is 2.66 bits per heavy atom. The fraction of sp³-hybridized carbons (Fsp3) is 0.583. The molecule has 1 aliphatic heterocycles. The molecule has 0 spiro atoms. The second-order valence-corrected chi connectivity index (χ2v) is 8.88. The molecule has 2 aliphatic rings. The Hall–Kier alpha value is -2.58. The standard InChI is InChI=1S/C24H34N4O4/c1-4-32-17-8-9-19-18(14-17)15(2)22(25-19)24(31)26-20-6-5-7-21(23(20)30)28-12-10-27(11-13-28)16(3)29/h8-9,14,20-21,23,25,30H,4-7,10-13H2,1-3H3,(H,26,31)/t20-,21-,23-/m1/s1. The van der Waals surface area contributed by atoms with Gasteiger partial charge in [0.05, 0.1) is 18.8 Å². The van der Waals surface area contributed by atoms with Crippen LogP contribution in [-0.2, 0) is 4.79 Å². The van der Waals surface area contributed by atoms with Gasteiger partial charge in [-0.2, -0.15) is 0 Å². The van der Waals surface area contributed by atoms with Crippen molar-refractivity contribution in [2.24, 2.45) is 0 Å². The van der Waals surface area contributed by atoms with Crippen molar-refractivity contribution in [3.8, 4) is 5.75 Å². The van der Waals surface area contributed by atoms with Gasteiger partial charge in [0.1, 0.15) is 11.4 Å². The maximum absolute atomic E-state index is 13.1. The van der Waals surface area contributed by atoms with Crippen molar-refractivity contribution >= 4 is 22.7 Å². The molecule has 2 heterocycles. The van der Waals surface area contributed by atoms with Crippen molar-refractivity contribution in [3.05, 3.63) is 29.5 Å². The average molecular weight is 443 g/mol. The highest BCUT2D eigenvalue weighted by atomic mass is 16.5. The normalized spacial score (nSPS) is 24.5. The molecule has 32 heavy (non-hydrogen) atoms. The number of piperazine rings is 1. The lowest BCUT2D eigenvalue weighted by molar-refractivity contribution is -0.131. The molecule has 3 atom stereocenters. The van der Waals surface area contributed by atoms with Gasteiger partial charge in [0.15, 0.2) is 0 Å². The van der Waals surface area contributed by atoms with Gasteiger partial charge in [0.25, 0.3) is 5.91 Å². The molecule has 174 valence electrons. The largest absolute Gasteiger partial charge is 0.494 e. The van der Waals surface area contributed by atoms with E-state index in [0.717, 1.165) is 54.6 Å². The molecule has 4 rings (SSSR count). The molecule has 0 radical (unpaired) electrons. The average Bonchev–Trinajstić information content (AvgIpc) is 3.12. The van der Waals surface area contributed by atoms with Gasteiger partial charge in [-0.25, -0.2) is 0 Å². The zero-order valence-corrected chi connectivity index (χ0v) is 19.2. The first-order valence-corrected chi connectivity index (χ1v) is 11.6. The molecule has 3 N–H and O–H groups in total. The van der Waals surface area contributed by atoms with Gasteiger partial charge in [-0.15, -0.1) is 0 Å². The Morgan fingerprint density at radius 2 is 1.97 bits per heavy atom. The number of ether oxygens (including phenoxy) is 1. The molecular formula is C24H34N4O4. The zero-order chi connectivity index (χ0) is 22.8. The summed E-state index contributed by atoms with van der Waals surface area (Å²) in [5.41, 5.74) is 2.29. The Kier molecular flexibility index (Phi) is 6.71. The van der Waals surface area contributed by atoms with Crippen LogP contribution >= 0.6 is 0 Å². The Bertz CT molecular complexity index is 980. The van der Waals surface area contributed by atoms with Crippen LogP contribution in [-0.4, -0.2) is 82.7 Å². The van der Waals surface area contributed by atoms with E-state index in [1.165, 1.54) is 0 Å². The van der Waals surface area contributed by atoms with Gasteiger partial charge >= 0.3 is 0 Å². The molecule has 0 bridgehead atoms. The first kappa shape index (κ1) is 22.6. The van der Waals surface area contributed by atoms with Gasteiger partial charge in [-0.05, 0) is 56.9 Å². The van der Waals surface area contributed by atoms with Crippen molar-refractivity contribution in [2.45, 2.75) is 58.2 Å². The van der Waals surface area contributed by atoms with Gasteiger partial charge in [-0.3, -0.25) is 14.5 Å². The third kappa shape index (κ3) is 4.47. The summed E-state index contributed by atoms with van der Waals surface area (Å²) in [6.07, 6.45) is 1.97. The molecule has 2 aromatic rings. The van der Waals surface area contributed by atoms with Crippen molar-refractivity contribution in [1.82, 2.24) is 20.1 Å². The molecule has 8 heteroatoms. The van der Waals surface area contributed by atoms with Crippen LogP contribution < -0.4 is 10.1 Å². The van der Waals surface area contributed by atoms with E-state index in [0.29, 0.717) is 25.4 Å². The van der Waals surface area contributed by atoms with Gasteiger partial charge < -0.3 is 25.0 Å². The number of benzene rings is 1. The van der Waals surface area contributed by atoms with Crippen LogP contribution in [0.4, 0.5) is 0 Å².